The quantitative estimate of drug-likeness (QED) is 0.814. The van der Waals surface area contributed by atoms with Gasteiger partial charge in [-0.25, -0.2) is 4.98 Å². The summed E-state index contributed by atoms with van der Waals surface area (Å²) in [6.07, 6.45) is 1.31. The van der Waals surface area contributed by atoms with Crippen molar-refractivity contribution < 1.29 is 14.3 Å². The van der Waals surface area contributed by atoms with Crippen LogP contribution in [0.2, 0.25) is 0 Å². The molecule has 84 valence electrons. The van der Waals surface area contributed by atoms with Crippen LogP contribution in [0.1, 0.15) is 5.69 Å². The summed E-state index contributed by atoms with van der Waals surface area (Å²) in [5.41, 5.74) is 0.840. The van der Waals surface area contributed by atoms with Crippen LogP contribution in [0.5, 0.6) is 0 Å². The topological polar surface area (TPSA) is 60.5 Å². The molecule has 2 heterocycles. The van der Waals surface area contributed by atoms with Crippen molar-refractivity contribution >= 4 is 11.7 Å². The van der Waals surface area contributed by atoms with E-state index < -0.39 is 0 Å². The molecule has 1 aliphatic heterocycles. The third-order valence-corrected chi connectivity index (χ3v) is 2.00. The van der Waals surface area contributed by atoms with Gasteiger partial charge in [0.1, 0.15) is 25.3 Å². The van der Waals surface area contributed by atoms with E-state index in [1.54, 1.807) is 6.07 Å². The van der Waals surface area contributed by atoms with Gasteiger partial charge in [0.05, 0.1) is 0 Å². The van der Waals surface area contributed by atoms with Crippen molar-refractivity contribution in [2.45, 2.75) is 6.92 Å². The first kappa shape index (κ1) is 10.5. The van der Waals surface area contributed by atoms with Crippen molar-refractivity contribution in [3.8, 4) is 0 Å². The summed E-state index contributed by atoms with van der Waals surface area (Å²) >= 11 is 0. The normalized spacial score (nSPS) is 14.4. The zero-order valence-electron chi connectivity index (χ0n) is 8.90. The molecule has 0 saturated carbocycles. The monoisotopic (exact) mass is 220 g/mol. The summed E-state index contributed by atoms with van der Waals surface area (Å²) in [5.74, 6) is 0.326. The Balaban J connectivity index is 2.04. The van der Waals surface area contributed by atoms with E-state index in [1.807, 2.05) is 19.1 Å². The molecular weight excluding hydrogens is 208 g/mol. The first-order chi connectivity index (χ1) is 7.75. The molecule has 0 fully saturated rings. The van der Waals surface area contributed by atoms with Crippen molar-refractivity contribution in [3.05, 3.63) is 35.9 Å². The molecule has 0 radical (unpaired) electrons. The second-order valence-electron chi connectivity index (χ2n) is 3.32. The van der Waals surface area contributed by atoms with E-state index in [4.69, 9.17) is 9.47 Å². The number of hydrogen-bond acceptors (Lipinski definition) is 4. The Morgan fingerprint density at radius 3 is 3.00 bits per heavy atom. The molecule has 5 nitrogen and oxygen atoms in total. The first-order valence-corrected chi connectivity index (χ1v) is 4.95. The van der Waals surface area contributed by atoms with Crippen LogP contribution in [0.25, 0.3) is 0 Å². The minimum Gasteiger partial charge on any atom is -0.494 e. The van der Waals surface area contributed by atoms with Crippen molar-refractivity contribution in [1.82, 2.24) is 4.98 Å². The van der Waals surface area contributed by atoms with Gasteiger partial charge in [0.25, 0.3) is 5.91 Å². The Labute approximate surface area is 93.1 Å². The van der Waals surface area contributed by atoms with Crippen LogP contribution in [0.4, 0.5) is 5.82 Å². The minimum atomic E-state index is -0.349. The molecule has 1 aromatic rings. The summed E-state index contributed by atoms with van der Waals surface area (Å²) in [7, 11) is 0. The highest BCUT2D eigenvalue weighted by atomic mass is 16.6. The van der Waals surface area contributed by atoms with E-state index in [1.165, 1.54) is 6.26 Å². The predicted octanol–water partition coefficient (Wildman–Crippen LogP) is 1.22. The first-order valence-electron chi connectivity index (χ1n) is 4.95. The smallest absolute Gasteiger partial charge is 0.295 e. The zero-order valence-corrected chi connectivity index (χ0v) is 8.90. The summed E-state index contributed by atoms with van der Waals surface area (Å²) in [4.78, 5) is 15.8. The molecule has 1 amide bonds. The Hall–Kier alpha value is -2.04. The molecular formula is C11H12N2O3. The molecule has 2 rings (SSSR count). The summed E-state index contributed by atoms with van der Waals surface area (Å²) in [6.45, 7) is 2.72. The van der Waals surface area contributed by atoms with Crippen LogP contribution >= 0.6 is 0 Å². The van der Waals surface area contributed by atoms with Crippen LogP contribution in [0, 0.1) is 6.92 Å². The van der Waals surface area contributed by atoms with Gasteiger partial charge in [-0.2, -0.15) is 0 Å². The number of aromatic nitrogens is 1. The van der Waals surface area contributed by atoms with Gasteiger partial charge in [-0.3, -0.25) is 4.79 Å². The van der Waals surface area contributed by atoms with Gasteiger partial charge >= 0.3 is 0 Å². The van der Waals surface area contributed by atoms with Crippen molar-refractivity contribution in [3.63, 3.8) is 0 Å². The van der Waals surface area contributed by atoms with Gasteiger partial charge < -0.3 is 14.8 Å². The molecule has 0 saturated heterocycles. The average molecular weight is 220 g/mol. The van der Waals surface area contributed by atoms with Crippen LogP contribution in [0.15, 0.2) is 30.2 Å². The lowest BCUT2D eigenvalue weighted by Crippen LogP contribution is -2.21. The molecule has 16 heavy (non-hydrogen) atoms. The van der Waals surface area contributed by atoms with Crippen LogP contribution in [-0.2, 0) is 14.3 Å². The Kier molecular flexibility index (Phi) is 3.05. The largest absolute Gasteiger partial charge is 0.494 e. The van der Waals surface area contributed by atoms with Gasteiger partial charge in [0.15, 0.2) is 0 Å². The van der Waals surface area contributed by atoms with E-state index in [-0.39, 0.29) is 11.7 Å². The Bertz CT molecular complexity index is 429. The fourth-order valence-corrected chi connectivity index (χ4v) is 1.28. The van der Waals surface area contributed by atoms with E-state index in [0.717, 1.165) is 5.69 Å². The van der Waals surface area contributed by atoms with Crippen molar-refractivity contribution in [2.75, 3.05) is 18.5 Å². The fourth-order valence-electron chi connectivity index (χ4n) is 1.28. The van der Waals surface area contributed by atoms with Crippen LogP contribution in [0.3, 0.4) is 0 Å². The van der Waals surface area contributed by atoms with Gasteiger partial charge in [-0.05, 0) is 19.1 Å². The third-order valence-electron chi connectivity index (χ3n) is 2.00. The molecule has 1 aromatic heterocycles. The van der Waals surface area contributed by atoms with E-state index in [9.17, 15) is 4.79 Å². The van der Waals surface area contributed by atoms with E-state index >= 15 is 0 Å². The molecule has 0 aliphatic carbocycles. The standard InChI is InChI=1S/C11H12N2O3/c1-8-3-2-4-10(12-8)13-11(14)9-7-15-5-6-16-9/h2-4,7H,5-6H2,1H3,(H,12,13,14). The number of nitrogens with one attached hydrogen (secondary N) is 1. The highest BCUT2D eigenvalue weighted by Gasteiger charge is 2.15. The lowest BCUT2D eigenvalue weighted by Gasteiger charge is -2.14. The number of amides is 1. The molecule has 5 heteroatoms. The Morgan fingerprint density at radius 2 is 2.31 bits per heavy atom. The highest BCUT2D eigenvalue weighted by Crippen LogP contribution is 2.09. The number of anilines is 1. The maximum absolute atomic E-state index is 11.7. The van der Waals surface area contributed by atoms with Crippen LogP contribution in [-0.4, -0.2) is 24.1 Å². The van der Waals surface area contributed by atoms with Crippen molar-refractivity contribution in [1.29, 1.82) is 0 Å². The van der Waals surface area contributed by atoms with Gasteiger partial charge in [-0.1, -0.05) is 6.07 Å². The van der Waals surface area contributed by atoms with E-state index in [2.05, 4.69) is 10.3 Å². The van der Waals surface area contributed by atoms with E-state index in [0.29, 0.717) is 19.0 Å². The fraction of sp³-hybridized carbons (Fsp3) is 0.273. The molecule has 0 aromatic carbocycles. The number of carbonyl (C=O) groups is 1. The van der Waals surface area contributed by atoms with Gasteiger partial charge in [0.2, 0.25) is 5.76 Å². The second-order valence-corrected chi connectivity index (χ2v) is 3.32. The number of aryl methyl sites for hydroxylation is 1. The summed E-state index contributed by atoms with van der Waals surface area (Å²) < 4.78 is 10.1. The number of rotatable bonds is 2. The molecule has 1 N–H and O–H groups in total. The zero-order chi connectivity index (χ0) is 11.4. The number of ether oxygens (including phenoxy) is 2. The number of hydrogen-bond donors (Lipinski definition) is 1. The lowest BCUT2D eigenvalue weighted by atomic mass is 10.3. The maximum Gasteiger partial charge on any atom is 0.295 e. The summed E-state index contributed by atoms with van der Waals surface area (Å²) in [6, 6.07) is 5.40. The van der Waals surface area contributed by atoms with Gasteiger partial charge in [-0.15, -0.1) is 0 Å². The molecule has 1 aliphatic rings. The second kappa shape index (κ2) is 4.65. The number of carbonyl (C=O) groups excluding carboxylic acids is 1. The number of nitrogens with zero attached hydrogens (tertiary/aromatic N) is 1. The number of pyridine rings is 1. The molecule has 0 unspecified atom stereocenters. The maximum atomic E-state index is 11.7. The van der Waals surface area contributed by atoms with Crippen LogP contribution < -0.4 is 5.32 Å². The third kappa shape index (κ3) is 2.50. The average Bonchev–Trinajstić information content (AvgIpc) is 2.30. The molecule has 0 atom stereocenters. The highest BCUT2D eigenvalue weighted by molar-refractivity contribution is 6.01. The van der Waals surface area contributed by atoms with Crippen molar-refractivity contribution in [2.24, 2.45) is 0 Å². The molecule has 0 spiro atoms. The SMILES string of the molecule is Cc1cccc(NC(=O)C2=COCCO2)n1. The summed E-state index contributed by atoms with van der Waals surface area (Å²) in [5, 5.41) is 2.63. The Morgan fingerprint density at radius 1 is 1.44 bits per heavy atom. The predicted molar refractivity (Wildman–Crippen MR) is 57.6 cm³/mol. The minimum absolute atomic E-state index is 0.176. The molecule has 0 bridgehead atoms. The van der Waals surface area contributed by atoms with Gasteiger partial charge in [0, 0.05) is 5.69 Å². The lowest BCUT2D eigenvalue weighted by molar-refractivity contribution is -0.117.